The summed E-state index contributed by atoms with van der Waals surface area (Å²) in [4.78, 5) is 24.4. The smallest absolute Gasteiger partial charge is 0.261 e. The fourth-order valence-electron chi connectivity index (χ4n) is 2.97. The van der Waals surface area contributed by atoms with E-state index in [2.05, 4.69) is 19.7 Å². The van der Waals surface area contributed by atoms with Crippen molar-refractivity contribution in [2.24, 2.45) is 0 Å². The second kappa shape index (κ2) is 7.71. The molecule has 0 aliphatic heterocycles. The zero-order valence-corrected chi connectivity index (χ0v) is 17.8. The van der Waals surface area contributed by atoms with E-state index in [1.54, 1.807) is 25.3 Å². The molecule has 0 bridgehead atoms. The Bertz CT molecular complexity index is 1400. The molecule has 1 aromatic carbocycles. The first kappa shape index (κ1) is 20.3. The van der Waals surface area contributed by atoms with Crippen LogP contribution in [0.1, 0.15) is 21.6 Å². The first-order valence-electron chi connectivity index (χ1n) is 8.67. The van der Waals surface area contributed by atoms with Crippen LogP contribution >= 0.6 is 23.2 Å². The van der Waals surface area contributed by atoms with Crippen LogP contribution in [-0.4, -0.2) is 29.2 Å². The monoisotopic (exact) mass is 460 g/mol. The van der Waals surface area contributed by atoms with Crippen molar-refractivity contribution in [3.05, 3.63) is 81.9 Å². The standard InChI is InChI=1S/C20H14Cl2N4O3S/c1-11-8-13(2-3-16(11)22)30(28,29)26-17-9-12(21)10-25-18(17)19(27)14-4-6-23-20-15(14)5-7-24-20/h2-10,26H,1H3,(H,23,24). The molecule has 0 spiro atoms. The molecule has 30 heavy (non-hydrogen) atoms. The van der Waals surface area contributed by atoms with Crippen LogP contribution in [0.2, 0.25) is 10.0 Å². The minimum atomic E-state index is -4.02. The van der Waals surface area contributed by atoms with E-state index in [1.165, 1.54) is 36.7 Å². The van der Waals surface area contributed by atoms with Gasteiger partial charge in [0.15, 0.2) is 0 Å². The lowest BCUT2D eigenvalue weighted by Gasteiger charge is -2.13. The highest BCUT2D eigenvalue weighted by Crippen LogP contribution is 2.27. The van der Waals surface area contributed by atoms with Crippen LogP contribution in [0, 0.1) is 6.92 Å². The number of ketones is 1. The number of nitrogens with one attached hydrogen (secondary N) is 2. The number of rotatable bonds is 5. The summed E-state index contributed by atoms with van der Waals surface area (Å²) < 4.78 is 28.2. The maximum Gasteiger partial charge on any atom is 0.261 e. The van der Waals surface area contributed by atoms with E-state index >= 15 is 0 Å². The Morgan fingerprint density at radius 3 is 2.67 bits per heavy atom. The molecule has 0 radical (unpaired) electrons. The van der Waals surface area contributed by atoms with Gasteiger partial charge >= 0.3 is 0 Å². The second-order valence-corrected chi connectivity index (χ2v) is 9.02. The van der Waals surface area contributed by atoms with Gasteiger partial charge < -0.3 is 4.98 Å². The first-order valence-corrected chi connectivity index (χ1v) is 10.9. The number of benzene rings is 1. The molecule has 4 rings (SSSR count). The van der Waals surface area contributed by atoms with E-state index in [9.17, 15) is 13.2 Å². The van der Waals surface area contributed by atoms with Crippen molar-refractivity contribution in [2.45, 2.75) is 11.8 Å². The summed E-state index contributed by atoms with van der Waals surface area (Å²) in [5, 5.41) is 1.22. The number of fused-ring (bicyclic) bond motifs is 1. The molecule has 0 unspecified atom stereocenters. The summed E-state index contributed by atoms with van der Waals surface area (Å²) in [6.45, 7) is 1.70. The van der Waals surface area contributed by atoms with Crippen LogP contribution in [0.5, 0.6) is 0 Å². The quantitative estimate of drug-likeness (QED) is 0.423. The highest BCUT2D eigenvalue weighted by atomic mass is 35.5. The molecule has 0 aliphatic carbocycles. The van der Waals surface area contributed by atoms with Crippen molar-refractivity contribution in [1.29, 1.82) is 0 Å². The Morgan fingerprint density at radius 2 is 1.90 bits per heavy atom. The Morgan fingerprint density at radius 1 is 1.10 bits per heavy atom. The van der Waals surface area contributed by atoms with Crippen molar-refractivity contribution in [3.8, 4) is 0 Å². The number of hydrogen-bond donors (Lipinski definition) is 2. The summed E-state index contributed by atoms with van der Waals surface area (Å²) in [7, 11) is -4.02. The van der Waals surface area contributed by atoms with Gasteiger partial charge in [-0.05, 0) is 48.9 Å². The lowest BCUT2D eigenvalue weighted by Crippen LogP contribution is -2.17. The van der Waals surface area contributed by atoms with Gasteiger partial charge in [0.05, 0.1) is 15.6 Å². The number of halogens is 2. The van der Waals surface area contributed by atoms with Gasteiger partial charge in [0.1, 0.15) is 11.3 Å². The summed E-state index contributed by atoms with van der Waals surface area (Å²) >= 11 is 12.0. The number of hydrogen-bond acceptors (Lipinski definition) is 5. The molecule has 2 N–H and O–H groups in total. The predicted octanol–water partition coefficient (Wildman–Crippen LogP) is 4.60. The Kier molecular flexibility index (Phi) is 5.23. The third-order valence-electron chi connectivity index (χ3n) is 4.46. The maximum absolute atomic E-state index is 13.2. The van der Waals surface area contributed by atoms with Gasteiger partial charge in [-0.15, -0.1) is 0 Å². The van der Waals surface area contributed by atoms with E-state index in [0.29, 0.717) is 27.2 Å². The molecule has 0 aliphatic rings. The molecule has 4 aromatic rings. The Balaban J connectivity index is 1.78. The lowest BCUT2D eigenvalue weighted by atomic mass is 10.0. The van der Waals surface area contributed by atoms with Crippen LogP contribution in [-0.2, 0) is 10.0 Å². The molecule has 0 amide bonds. The molecule has 0 saturated heterocycles. The molecule has 152 valence electrons. The number of aromatic nitrogens is 3. The van der Waals surface area contributed by atoms with Crippen molar-refractivity contribution >= 4 is 55.7 Å². The van der Waals surface area contributed by atoms with Crippen molar-refractivity contribution < 1.29 is 13.2 Å². The number of H-pyrrole nitrogens is 1. The molecule has 10 heteroatoms. The fourth-order valence-corrected chi connectivity index (χ4v) is 4.39. The van der Waals surface area contributed by atoms with E-state index in [1.807, 2.05) is 0 Å². The predicted molar refractivity (Wildman–Crippen MR) is 116 cm³/mol. The highest BCUT2D eigenvalue weighted by Gasteiger charge is 2.23. The summed E-state index contributed by atoms with van der Waals surface area (Å²) in [5.74, 6) is -0.469. The van der Waals surface area contributed by atoms with Gasteiger partial charge in [-0.2, -0.15) is 0 Å². The average molecular weight is 461 g/mol. The van der Waals surface area contributed by atoms with Gasteiger partial charge in [-0.25, -0.2) is 18.4 Å². The summed E-state index contributed by atoms with van der Waals surface area (Å²) in [5.41, 5.74) is 1.36. The highest BCUT2D eigenvalue weighted by molar-refractivity contribution is 7.92. The minimum absolute atomic E-state index is 0.000268. The molecule has 7 nitrogen and oxygen atoms in total. The van der Waals surface area contributed by atoms with Crippen molar-refractivity contribution in [3.63, 3.8) is 0 Å². The van der Waals surface area contributed by atoms with Crippen LogP contribution in [0.15, 0.2) is 59.9 Å². The summed E-state index contributed by atoms with van der Waals surface area (Å²) in [6.07, 6.45) is 4.44. The lowest BCUT2D eigenvalue weighted by molar-refractivity contribution is 0.103. The number of nitrogens with zero attached hydrogens (tertiary/aromatic N) is 2. The molecular formula is C20H14Cl2N4O3S. The number of pyridine rings is 2. The van der Waals surface area contributed by atoms with Gasteiger partial charge in [0, 0.05) is 34.6 Å². The van der Waals surface area contributed by atoms with Gasteiger partial charge in [0.2, 0.25) is 5.78 Å². The zero-order valence-electron chi connectivity index (χ0n) is 15.5. The summed E-state index contributed by atoms with van der Waals surface area (Å²) in [6, 6.07) is 8.92. The van der Waals surface area contributed by atoms with E-state index in [-0.39, 0.29) is 21.3 Å². The van der Waals surface area contributed by atoms with Crippen molar-refractivity contribution in [2.75, 3.05) is 4.72 Å². The largest absolute Gasteiger partial charge is 0.346 e. The fraction of sp³-hybridized carbons (Fsp3) is 0.0500. The second-order valence-electron chi connectivity index (χ2n) is 6.49. The number of aryl methyl sites for hydroxylation is 1. The number of sulfonamides is 1. The van der Waals surface area contributed by atoms with Crippen LogP contribution in [0.3, 0.4) is 0 Å². The van der Waals surface area contributed by atoms with Crippen LogP contribution in [0.25, 0.3) is 11.0 Å². The van der Waals surface area contributed by atoms with E-state index in [0.717, 1.165) is 0 Å². The number of carbonyl (C=O) groups is 1. The van der Waals surface area contributed by atoms with Crippen molar-refractivity contribution in [1.82, 2.24) is 15.0 Å². The third-order valence-corrected chi connectivity index (χ3v) is 6.45. The molecule has 0 saturated carbocycles. The normalized spacial score (nSPS) is 11.6. The third kappa shape index (κ3) is 3.77. The molecule has 3 aromatic heterocycles. The Labute approximate surface area is 182 Å². The Hall–Kier alpha value is -2.94. The number of anilines is 1. The van der Waals surface area contributed by atoms with Crippen LogP contribution < -0.4 is 4.72 Å². The van der Waals surface area contributed by atoms with E-state index in [4.69, 9.17) is 23.2 Å². The van der Waals surface area contributed by atoms with Gasteiger partial charge in [0.25, 0.3) is 10.0 Å². The maximum atomic E-state index is 13.2. The topological polar surface area (TPSA) is 105 Å². The molecule has 3 heterocycles. The number of carbonyl (C=O) groups excluding carboxylic acids is 1. The number of aromatic amines is 1. The van der Waals surface area contributed by atoms with Crippen LogP contribution in [0.4, 0.5) is 5.69 Å². The van der Waals surface area contributed by atoms with Gasteiger partial charge in [-0.1, -0.05) is 23.2 Å². The SMILES string of the molecule is Cc1cc(S(=O)(=O)Nc2cc(Cl)cnc2C(=O)c2ccnc3[nH]ccc23)ccc1Cl. The molecule has 0 atom stereocenters. The zero-order chi connectivity index (χ0) is 21.5. The van der Waals surface area contributed by atoms with E-state index < -0.39 is 15.8 Å². The molecule has 0 fully saturated rings. The molecular weight excluding hydrogens is 447 g/mol. The minimum Gasteiger partial charge on any atom is -0.346 e. The van der Waals surface area contributed by atoms with Gasteiger partial charge in [-0.3, -0.25) is 9.52 Å². The average Bonchev–Trinajstić information content (AvgIpc) is 3.18. The first-order chi connectivity index (χ1) is 14.3.